The van der Waals surface area contributed by atoms with Gasteiger partial charge in [-0.2, -0.15) is 5.10 Å². The molecule has 0 unspecified atom stereocenters. The van der Waals surface area contributed by atoms with Crippen LogP contribution in [-0.2, 0) is 6.54 Å². The Balaban J connectivity index is 1.89. The van der Waals surface area contributed by atoms with Crippen molar-refractivity contribution in [3.05, 3.63) is 64.0 Å². The fourth-order valence-corrected chi connectivity index (χ4v) is 2.56. The standard InChI is InChI=1S/C18H18N4O4/c1-3-10-22-18(25)13-7-5-4-6-12(13)15(21-22)17(24)20-19-16(23)14-9-8-11(2)26-14/h4-9H,3,10H2,1-2H3,(H,19,23)(H,20,24). The number of aryl methyl sites for hydroxylation is 2. The second-order valence-corrected chi connectivity index (χ2v) is 5.74. The van der Waals surface area contributed by atoms with E-state index in [0.717, 1.165) is 0 Å². The summed E-state index contributed by atoms with van der Waals surface area (Å²) < 4.78 is 6.45. The third-order valence-corrected chi connectivity index (χ3v) is 3.77. The maximum absolute atomic E-state index is 12.5. The van der Waals surface area contributed by atoms with Crippen molar-refractivity contribution in [1.29, 1.82) is 0 Å². The van der Waals surface area contributed by atoms with Gasteiger partial charge in [-0.05, 0) is 31.5 Å². The molecule has 0 aliphatic heterocycles. The van der Waals surface area contributed by atoms with Gasteiger partial charge in [-0.25, -0.2) is 4.68 Å². The molecule has 0 atom stereocenters. The first kappa shape index (κ1) is 17.4. The van der Waals surface area contributed by atoms with Crippen LogP contribution >= 0.6 is 0 Å². The minimum atomic E-state index is -0.623. The Bertz CT molecular complexity index is 1040. The number of furan rings is 1. The van der Waals surface area contributed by atoms with E-state index in [1.54, 1.807) is 37.3 Å². The lowest BCUT2D eigenvalue weighted by Crippen LogP contribution is -2.42. The maximum atomic E-state index is 12.5. The molecule has 2 N–H and O–H groups in total. The van der Waals surface area contributed by atoms with E-state index in [2.05, 4.69) is 16.0 Å². The predicted molar refractivity (Wildman–Crippen MR) is 94.7 cm³/mol. The minimum Gasteiger partial charge on any atom is -0.456 e. The zero-order valence-electron chi connectivity index (χ0n) is 14.4. The maximum Gasteiger partial charge on any atom is 0.305 e. The Labute approximate surface area is 148 Å². The summed E-state index contributed by atoms with van der Waals surface area (Å²) in [5, 5.41) is 4.98. The molecule has 0 aliphatic rings. The second kappa shape index (κ2) is 7.22. The second-order valence-electron chi connectivity index (χ2n) is 5.74. The molecule has 1 aromatic carbocycles. The third kappa shape index (κ3) is 3.34. The Kier molecular flexibility index (Phi) is 4.83. The molecular formula is C18H18N4O4. The summed E-state index contributed by atoms with van der Waals surface area (Å²) in [4.78, 5) is 37.0. The van der Waals surface area contributed by atoms with Gasteiger partial charge in [0.05, 0.1) is 5.39 Å². The van der Waals surface area contributed by atoms with E-state index >= 15 is 0 Å². The van der Waals surface area contributed by atoms with Crippen LogP contribution in [0.25, 0.3) is 10.8 Å². The molecule has 26 heavy (non-hydrogen) atoms. The van der Waals surface area contributed by atoms with Crippen molar-refractivity contribution in [3.63, 3.8) is 0 Å². The van der Waals surface area contributed by atoms with Crippen molar-refractivity contribution in [3.8, 4) is 0 Å². The van der Waals surface area contributed by atoms with Gasteiger partial charge >= 0.3 is 5.91 Å². The van der Waals surface area contributed by atoms with Gasteiger partial charge in [-0.3, -0.25) is 25.2 Å². The summed E-state index contributed by atoms with van der Waals surface area (Å²) >= 11 is 0. The number of aromatic nitrogens is 2. The molecule has 0 spiro atoms. The Hall–Kier alpha value is -3.42. The largest absolute Gasteiger partial charge is 0.456 e. The summed E-state index contributed by atoms with van der Waals surface area (Å²) in [7, 11) is 0. The summed E-state index contributed by atoms with van der Waals surface area (Å²) in [6.07, 6.45) is 0.695. The van der Waals surface area contributed by atoms with Crippen molar-refractivity contribution in [2.24, 2.45) is 0 Å². The number of amides is 2. The molecule has 0 radical (unpaired) electrons. The van der Waals surface area contributed by atoms with Gasteiger partial charge in [0.25, 0.3) is 11.5 Å². The Morgan fingerprint density at radius 1 is 1.08 bits per heavy atom. The Morgan fingerprint density at radius 2 is 1.77 bits per heavy atom. The number of nitrogens with zero attached hydrogens (tertiary/aromatic N) is 2. The zero-order chi connectivity index (χ0) is 18.7. The van der Waals surface area contributed by atoms with Gasteiger partial charge in [0.15, 0.2) is 11.5 Å². The van der Waals surface area contributed by atoms with E-state index < -0.39 is 11.8 Å². The number of hydrogen-bond donors (Lipinski definition) is 2. The number of hydrogen-bond acceptors (Lipinski definition) is 5. The molecule has 8 heteroatoms. The van der Waals surface area contributed by atoms with Crippen molar-refractivity contribution < 1.29 is 14.0 Å². The number of carbonyl (C=O) groups excluding carboxylic acids is 2. The number of hydrazine groups is 1. The topological polar surface area (TPSA) is 106 Å². The van der Waals surface area contributed by atoms with Crippen LogP contribution in [0, 0.1) is 6.92 Å². The van der Waals surface area contributed by atoms with Crippen molar-refractivity contribution in [1.82, 2.24) is 20.6 Å². The van der Waals surface area contributed by atoms with Crippen LogP contribution in [0.3, 0.4) is 0 Å². The van der Waals surface area contributed by atoms with Crippen molar-refractivity contribution in [2.45, 2.75) is 26.8 Å². The van der Waals surface area contributed by atoms with Gasteiger partial charge < -0.3 is 4.42 Å². The van der Waals surface area contributed by atoms with Crippen LogP contribution in [0.15, 0.2) is 45.6 Å². The average molecular weight is 354 g/mol. The van der Waals surface area contributed by atoms with E-state index in [4.69, 9.17) is 4.42 Å². The molecule has 2 amide bonds. The molecule has 0 saturated heterocycles. The third-order valence-electron chi connectivity index (χ3n) is 3.77. The molecule has 0 bridgehead atoms. The van der Waals surface area contributed by atoms with Gasteiger partial charge in [0.1, 0.15) is 5.76 Å². The van der Waals surface area contributed by atoms with Gasteiger partial charge in [-0.1, -0.05) is 25.1 Å². The first-order valence-electron chi connectivity index (χ1n) is 8.18. The number of fused-ring (bicyclic) bond motifs is 1. The van der Waals surface area contributed by atoms with E-state index in [1.807, 2.05) is 6.92 Å². The molecular weight excluding hydrogens is 336 g/mol. The summed E-state index contributed by atoms with van der Waals surface area (Å²) in [5.74, 6) is -0.544. The first-order valence-corrected chi connectivity index (χ1v) is 8.18. The molecule has 3 rings (SSSR count). The molecule has 2 heterocycles. The highest BCUT2D eigenvalue weighted by atomic mass is 16.3. The van der Waals surface area contributed by atoms with E-state index in [9.17, 15) is 14.4 Å². The number of rotatable bonds is 4. The first-order chi connectivity index (χ1) is 12.5. The fraction of sp³-hybridized carbons (Fsp3) is 0.222. The molecule has 8 nitrogen and oxygen atoms in total. The lowest BCUT2D eigenvalue weighted by atomic mass is 10.1. The lowest BCUT2D eigenvalue weighted by molar-refractivity contribution is 0.0827. The zero-order valence-corrected chi connectivity index (χ0v) is 14.4. The quantitative estimate of drug-likeness (QED) is 0.695. The SMILES string of the molecule is CCCn1nc(C(=O)NNC(=O)c2ccc(C)o2)c2ccccc2c1=O. The highest BCUT2D eigenvalue weighted by Gasteiger charge is 2.18. The predicted octanol–water partition coefficient (Wildman–Crippen LogP) is 1.78. The highest BCUT2D eigenvalue weighted by molar-refractivity contribution is 6.05. The van der Waals surface area contributed by atoms with E-state index in [-0.39, 0.29) is 17.0 Å². The van der Waals surface area contributed by atoms with Crippen molar-refractivity contribution >= 4 is 22.6 Å². The van der Waals surface area contributed by atoms with Crippen LogP contribution < -0.4 is 16.4 Å². The number of carbonyl (C=O) groups is 2. The number of nitrogens with one attached hydrogen (secondary N) is 2. The molecule has 134 valence electrons. The normalized spacial score (nSPS) is 10.7. The van der Waals surface area contributed by atoms with Gasteiger partial charge in [0, 0.05) is 11.9 Å². The highest BCUT2D eigenvalue weighted by Crippen LogP contribution is 2.13. The monoisotopic (exact) mass is 354 g/mol. The Morgan fingerprint density at radius 3 is 2.42 bits per heavy atom. The molecule has 2 aromatic heterocycles. The summed E-state index contributed by atoms with van der Waals surface area (Å²) in [6, 6.07) is 9.88. The average Bonchev–Trinajstić information content (AvgIpc) is 3.08. The minimum absolute atomic E-state index is 0.0598. The fourth-order valence-electron chi connectivity index (χ4n) is 2.56. The molecule has 0 saturated carbocycles. The molecule has 3 aromatic rings. The molecule has 0 aliphatic carbocycles. The van der Waals surface area contributed by atoms with Gasteiger partial charge in [-0.15, -0.1) is 0 Å². The van der Waals surface area contributed by atoms with Crippen LogP contribution in [0.2, 0.25) is 0 Å². The van der Waals surface area contributed by atoms with Crippen LogP contribution in [0.1, 0.15) is 40.1 Å². The van der Waals surface area contributed by atoms with Crippen LogP contribution in [0.4, 0.5) is 0 Å². The smallest absolute Gasteiger partial charge is 0.305 e. The van der Waals surface area contributed by atoms with Crippen molar-refractivity contribution in [2.75, 3.05) is 0 Å². The van der Waals surface area contributed by atoms with E-state index in [1.165, 1.54) is 10.7 Å². The summed E-state index contributed by atoms with van der Waals surface area (Å²) in [5.41, 5.74) is 4.40. The van der Waals surface area contributed by atoms with Crippen LogP contribution in [0.5, 0.6) is 0 Å². The summed E-state index contributed by atoms with van der Waals surface area (Å²) in [6.45, 7) is 4.01. The lowest BCUT2D eigenvalue weighted by Gasteiger charge is -2.11. The number of benzene rings is 1. The molecule has 0 fully saturated rings. The van der Waals surface area contributed by atoms with E-state index in [0.29, 0.717) is 29.5 Å². The van der Waals surface area contributed by atoms with Crippen LogP contribution in [-0.4, -0.2) is 21.6 Å². The van der Waals surface area contributed by atoms with Gasteiger partial charge in [0.2, 0.25) is 0 Å².